The molecule has 3 aromatic carbocycles. The van der Waals surface area contributed by atoms with Gasteiger partial charge in [0.05, 0.1) is 20.3 Å². The number of hydrogen-bond acceptors (Lipinski definition) is 4. The molecule has 0 spiro atoms. The second kappa shape index (κ2) is 10.5. The van der Waals surface area contributed by atoms with E-state index in [4.69, 9.17) is 9.47 Å². The molecule has 1 aliphatic heterocycles. The smallest absolute Gasteiger partial charge is 0.240 e. The van der Waals surface area contributed by atoms with E-state index in [-0.39, 0.29) is 17.3 Å². The number of methoxy groups -OCH3 is 1. The molecule has 1 atom stereocenters. The predicted molar refractivity (Wildman–Crippen MR) is 130 cm³/mol. The van der Waals surface area contributed by atoms with Crippen LogP contribution in [0.15, 0.2) is 96.4 Å². The van der Waals surface area contributed by atoms with Gasteiger partial charge in [0.2, 0.25) is 5.91 Å². The summed E-state index contributed by atoms with van der Waals surface area (Å²) in [5.74, 6) is 0.867. The fourth-order valence-electron chi connectivity index (χ4n) is 3.81. The summed E-state index contributed by atoms with van der Waals surface area (Å²) in [7, 11) is 1.64. The van der Waals surface area contributed by atoms with Crippen LogP contribution in [0.25, 0.3) is 0 Å². The van der Waals surface area contributed by atoms with Gasteiger partial charge in [0.1, 0.15) is 17.1 Å². The lowest BCUT2D eigenvalue weighted by molar-refractivity contribution is -0.131. The number of thioether (sulfide) groups is 1. The summed E-state index contributed by atoms with van der Waals surface area (Å²) in [5.41, 5.74) is 3.15. The highest BCUT2D eigenvalue weighted by Crippen LogP contribution is 2.40. The standard InChI is InChI=1S/C27H27NO3S/c1-20-19-28(27(29)26(32-20)23-13-15-24(30-2)16-14-23)17-18-31-25(21-9-5-3-6-10-21)22-11-7-4-8-12-22/h3-16,25-26H,1,17-19H2,2H3. The van der Waals surface area contributed by atoms with E-state index in [9.17, 15) is 4.79 Å². The zero-order chi connectivity index (χ0) is 22.3. The molecule has 1 heterocycles. The van der Waals surface area contributed by atoms with Crippen molar-refractivity contribution in [1.29, 1.82) is 0 Å². The fourth-order valence-corrected chi connectivity index (χ4v) is 4.92. The third kappa shape index (κ3) is 5.23. The molecule has 0 aliphatic carbocycles. The van der Waals surface area contributed by atoms with Crippen molar-refractivity contribution in [2.45, 2.75) is 11.4 Å². The number of benzene rings is 3. The summed E-state index contributed by atoms with van der Waals surface area (Å²) in [5, 5.41) is -0.291. The zero-order valence-electron chi connectivity index (χ0n) is 18.1. The maximum absolute atomic E-state index is 13.2. The molecule has 1 unspecified atom stereocenters. The highest BCUT2D eigenvalue weighted by atomic mass is 32.2. The van der Waals surface area contributed by atoms with Crippen molar-refractivity contribution < 1.29 is 14.3 Å². The van der Waals surface area contributed by atoms with Gasteiger partial charge < -0.3 is 14.4 Å². The first-order valence-corrected chi connectivity index (χ1v) is 11.5. The number of carbonyl (C=O) groups excluding carboxylic acids is 1. The monoisotopic (exact) mass is 445 g/mol. The lowest BCUT2D eigenvalue weighted by Crippen LogP contribution is -2.41. The van der Waals surface area contributed by atoms with Crippen LogP contribution >= 0.6 is 11.8 Å². The highest BCUT2D eigenvalue weighted by Gasteiger charge is 2.32. The summed E-state index contributed by atoms with van der Waals surface area (Å²) >= 11 is 1.53. The summed E-state index contributed by atoms with van der Waals surface area (Å²) in [6, 6.07) is 28.0. The molecule has 0 bridgehead atoms. The third-order valence-corrected chi connectivity index (χ3v) is 6.63. The number of nitrogens with zero attached hydrogens (tertiary/aromatic N) is 1. The van der Waals surface area contributed by atoms with Crippen LogP contribution in [0.1, 0.15) is 28.0 Å². The predicted octanol–water partition coefficient (Wildman–Crippen LogP) is 5.63. The van der Waals surface area contributed by atoms with Gasteiger partial charge in [-0.25, -0.2) is 0 Å². The van der Waals surface area contributed by atoms with Gasteiger partial charge in [0, 0.05) is 6.54 Å². The Morgan fingerprint density at radius 2 is 1.56 bits per heavy atom. The molecule has 0 N–H and O–H groups in total. The Labute approximate surface area is 193 Å². The molecule has 0 radical (unpaired) electrons. The van der Waals surface area contributed by atoms with Crippen LogP contribution in [0.4, 0.5) is 0 Å². The lowest BCUT2D eigenvalue weighted by atomic mass is 10.0. The number of amides is 1. The Morgan fingerprint density at radius 3 is 2.12 bits per heavy atom. The Kier molecular flexibility index (Phi) is 7.30. The Balaban J connectivity index is 1.44. The van der Waals surface area contributed by atoms with Gasteiger partial charge >= 0.3 is 0 Å². The molecule has 0 aromatic heterocycles. The summed E-state index contributed by atoms with van der Waals surface area (Å²) in [6.07, 6.45) is -0.174. The first-order valence-electron chi connectivity index (χ1n) is 10.6. The van der Waals surface area contributed by atoms with Crippen LogP contribution in [0.3, 0.4) is 0 Å². The van der Waals surface area contributed by atoms with Gasteiger partial charge in [-0.3, -0.25) is 4.79 Å². The quantitative estimate of drug-likeness (QED) is 0.450. The molecule has 4 nitrogen and oxygen atoms in total. The van der Waals surface area contributed by atoms with Crippen molar-refractivity contribution >= 4 is 17.7 Å². The molecule has 1 aliphatic rings. The van der Waals surface area contributed by atoms with Crippen molar-refractivity contribution in [1.82, 2.24) is 4.90 Å². The van der Waals surface area contributed by atoms with Gasteiger partial charge in [-0.1, -0.05) is 79.4 Å². The van der Waals surface area contributed by atoms with Gasteiger partial charge in [0.25, 0.3) is 0 Å². The van der Waals surface area contributed by atoms with Crippen molar-refractivity contribution in [2.75, 3.05) is 26.8 Å². The van der Waals surface area contributed by atoms with Crippen molar-refractivity contribution in [3.05, 3.63) is 113 Å². The second-order valence-corrected chi connectivity index (χ2v) is 8.93. The summed E-state index contributed by atoms with van der Waals surface area (Å²) in [6.45, 7) is 5.65. The largest absolute Gasteiger partial charge is 0.497 e. The van der Waals surface area contributed by atoms with E-state index in [1.54, 1.807) is 7.11 Å². The SMILES string of the molecule is C=C1CN(CCOC(c2ccccc2)c2ccccc2)C(=O)C(c2ccc(OC)cc2)S1. The van der Waals surface area contributed by atoms with Crippen LogP contribution < -0.4 is 4.74 Å². The van der Waals surface area contributed by atoms with Crippen molar-refractivity contribution in [3.63, 3.8) is 0 Å². The zero-order valence-corrected chi connectivity index (χ0v) is 19.0. The average Bonchev–Trinajstić information content (AvgIpc) is 2.85. The molecule has 4 rings (SSSR count). The molecule has 164 valence electrons. The van der Waals surface area contributed by atoms with Gasteiger partial charge in [-0.15, -0.1) is 11.8 Å². The normalized spacial score (nSPS) is 16.4. The van der Waals surface area contributed by atoms with Gasteiger partial charge in [0.15, 0.2) is 0 Å². The molecule has 1 fully saturated rings. The lowest BCUT2D eigenvalue weighted by Gasteiger charge is -2.33. The first-order chi connectivity index (χ1) is 15.7. The molecule has 0 saturated carbocycles. The van der Waals surface area contributed by atoms with E-state index in [2.05, 4.69) is 30.8 Å². The Morgan fingerprint density at radius 1 is 0.969 bits per heavy atom. The number of rotatable bonds is 8. The molecule has 32 heavy (non-hydrogen) atoms. The minimum atomic E-state index is -0.291. The van der Waals surface area contributed by atoms with Crippen molar-refractivity contribution in [3.8, 4) is 5.75 Å². The maximum Gasteiger partial charge on any atom is 0.240 e. The van der Waals surface area contributed by atoms with Crippen LogP contribution in [-0.4, -0.2) is 37.6 Å². The van der Waals surface area contributed by atoms with E-state index in [1.807, 2.05) is 65.6 Å². The van der Waals surface area contributed by atoms with Crippen molar-refractivity contribution in [2.24, 2.45) is 0 Å². The van der Waals surface area contributed by atoms with E-state index >= 15 is 0 Å². The molecule has 1 saturated heterocycles. The molecule has 1 amide bonds. The number of carbonyl (C=O) groups is 1. The Hall–Kier alpha value is -3.02. The minimum absolute atomic E-state index is 0.0899. The van der Waals surface area contributed by atoms with Crippen LogP contribution in [0.2, 0.25) is 0 Å². The minimum Gasteiger partial charge on any atom is -0.497 e. The molecular formula is C27H27NO3S. The van der Waals surface area contributed by atoms with Crippen LogP contribution in [0.5, 0.6) is 5.75 Å². The highest BCUT2D eigenvalue weighted by molar-refractivity contribution is 8.04. The van der Waals surface area contributed by atoms with Gasteiger partial charge in [-0.05, 0) is 33.7 Å². The van der Waals surface area contributed by atoms with E-state index in [0.717, 1.165) is 27.3 Å². The summed E-state index contributed by atoms with van der Waals surface area (Å²) < 4.78 is 11.6. The first kappa shape index (κ1) is 22.2. The number of ether oxygens (including phenoxy) is 2. The van der Waals surface area contributed by atoms with E-state index in [0.29, 0.717) is 19.7 Å². The number of hydrogen-bond donors (Lipinski definition) is 0. The second-order valence-electron chi connectivity index (χ2n) is 7.64. The van der Waals surface area contributed by atoms with Crippen LogP contribution in [-0.2, 0) is 9.53 Å². The van der Waals surface area contributed by atoms with Gasteiger partial charge in [-0.2, -0.15) is 0 Å². The maximum atomic E-state index is 13.2. The van der Waals surface area contributed by atoms with Crippen LogP contribution in [0, 0.1) is 0 Å². The fraction of sp³-hybridized carbons (Fsp3) is 0.222. The summed E-state index contributed by atoms with van der Waals surface area (Å²) in [4.78, 5) is 16.0. The van der Waals surface area contributed by atoms with E-state index in [1.165, 1.54) is 11.8 Å². The Bertz CT molecular complexity index is 998. The third-order valence-electron chi connectivity index (χ3n) is 5.46. The van der Waals surface area contributed by atoms with E-state index < -0.39 is 0 Å². The molecular weight excluding hydrogens is 418 g/mol. The molecule has 3 aromatic rings. The average molecular weight is 446 g/mol. The molecule has 5 heteroatoms. The topological polar surface area (TPSA) is 38.8 Å².